The van der Waals surface area contributed by atoms with E-state index in [0.29, 0.717) is 93.6 Å². The summed E-state index contributed by atoms with van der Waals surface area (Å²) in [6.45, 7) is 12.6. The van der Waals surface area contributed by atoms with Crippen LogP contribution in [0, 0.1) is 15.5 Å². The van der Waals surface area contributed by atoms with Crippen molar-refractivity contribution in [2.24, 2.45) is 5.41 Å². The van der Waals surface area contributed by atoms with Gasteiger partial charge in [0.1, 0.15) is 17.0 Å². The number of aromatic nitrogens is 2. The summed E-state index contributed by atoms with van der Waals surface area (Å²) in [6.07, 6.45) is 4.53. The second-order valence-corrected chi connectivity index (χ2v) is 22.2. The number of carbonyl (C=O) groups is 1. The number of carbonyl (C=O) groups excluding carboxylic acids is 1. The number of piperazine rings is 1. The van der Waals surface area contributed by atoms with E-state index in [0.717, 1.165) is 55.1 Å². The van der Waals surface area contributed by atoms with Gasteiger partial charge in [0.05, 0.1) is 71.9 Å². The number of benzene rings is 3. The van der Waals surface area contributed by atoms with Crippen LogP contribution in [0.3, 0.4) is 0 Å². The molecule has 3 fully saturated rings. The molecule has 3 aromatic carbocycles. The molecule has 0 saturated carbocycles. The van der Waals surface area contributed by atoms with E-state index in [1.165, 1.54) is 23.3 Å². The summed E-state index contributed by atoms with van der Waals surface area (Å²) in [7, 11) is -4.64. The standard InChI is InChI=1S/C52H61ClN8O10S/c1-33-30-71-39(32-70-33)27-55-44-13-11-40(24-46(44)61(63)64)72(65,66)57-50(62)41-12-10-37(23-45(41)60-16-4-20-69-51-47(60)22-35-14-15-54-49(35)56-51)58-17-18-59-29-43-42(34-6-8-36(53)9-7-34)25-52(2,3)26-48(43)68-21-5-19-67-31-38(59)28-58/h6-15,22-24,33,38-39,48,55H,4-5,16-21,25-32H2,1-3H3,(H,54,56)(H,57,62)/t33-,38+,39+,48-/m1/s1. The molecule has 18 nitrogen and oxygen atoms in total. The number of ether oxygens (including phenoxy) is 5. The Hall–Kier alpha value is -5.80. The third-order valence-electron chi connectivity index (χ3n) is 14.2. The molecule has 72 heavy (non-hydrogen) atoms. The summed E-state index contributed by atoms with van der Waals surface area (Å²) >= 11 is 6.37. The summed E-state index contributed by atoms with van der Waals surface area (Å²) in [6, 6.07) is 20.9. The summed E-state index contributed by atoms with van der Waals surface area (Å²) in [5, 5.41) is 16.8. The number of aromatic amines is 1. The number of nitro benzene ring substituents is 1. The molecule has 0 radical (unpaired) electrons. The largest absolute Gasteiger partial charge is 0.476 e. The molecule has 6 heterocycles. The van der Waals surface area contributed by atoms with Crippen LogP contribution in [0.25, 0.3) is 16.6 Å². The first kappa shape index (κ1) is 49.8. The molecule has 10 rings (SSSR count). The lowest BCUT2D eigenvalue weighted by atomic mass is 9.71. The monoisotopic (exact) mass is 1020 g/mol. The maximum atomic E-state index is 14.6. The number of halogens is 1. The van der Waals surface area contributed by atoms with E-state index >= 15 is 0 Å². The quantitative estimate of drug-likeness (QED) is 0.0898. The molecule has 0 spiro atoms. The van der Waals surface area contributed by atoms with Crippen LogP contribution in [-0.2, 0) is 29.0 Å². The van der Waals surface area contributed by atoms with Crippen molar-refractivity contribution >= 4 is 72.6 Å². The Balaban J connectivity index is 0.962. The van der Waals surface area contributed by atoms with E-state index in [1.54, 1.807) is 12.3 Å². The van der Waals surface area contributed by atoms with Crippen LogP contribution in [0.2, 0.25) is 5.02 Å². The first-order valence-electron chi connectivity index (χ1n) is 24.7. The summed E-state index contributed by atoms with van der Waals surface area (Å²) in [5.41, 5.74) is 6.04. The molecular formula is C52H61ClN8O10S. The number of amides is 1. The highest BCUT2D eigenvalue weighted by Gasteiger charge is 2.39. The smallest absolute Gasteiger partial charge is 0.293 e. The molecule has 3 N–H and O–H groups in total. The second kappa shape index (κ2) is 21.0. The summed E-state index contributed by atoms with van der Waals surface area (Å²) in [4.78, 5) is 40.5. The van der Waals surface area contributed by atoms with Gasteiger partial charge in [0.2, 0.25) is 5.88 Å². The van der Waals surface area contributed by atoms with Crippen LogP contribution in [0.15, 0.2) is 89.5 Å². The van der Waals surface area contributed by atoms with Gasteiger partial charge in [-0.3, -0.25) is 19.8 Å². The van der Waals surface area contributed by atoms with E-state index in [1.807, 2.05) is 48.2 Å². The highest BCUT2D eigenvalue weighted by molar-refractivity contribution is 7.90. The fourth-order valence-corrected chi connectivity index (χ4v) is 11.6. The zero-order valence-electron chi connectivity index (χ0n) is 40.7. The number of nitrogens with one attached hydrogen (secondary N) is 3. The molecule has 2 aromatic heterocycles. The normalized spacial score (nSPS) is 23.2. The predicted octanol–water partition coefficient (Wildman–Crippen LogP) is 7.95. The number of rotatable bonds is 10. The van der Waals surface area contributed by atoms with Crippen molar-refractivity contribution in [2.45, 2.75) is 75.7 Å². The Morgan fingerprint density at radius 1 is 0.944 bits per heavy atom. The minimum atomic E-state index is -4.64. The topological polar surface area (TPSA) is 203 Å². The van der Waals surface area contributed by atoms with Crippen molar-refractivity contribution in [2.75, 3.05) is 94.0 Å². The van der Waals surface area contributed by atoms with Crippen molar-refractivity contribution in [1.82, 2.24) is 19.6 Å². The first-order valence-corrected chi connectivity index (χ1v) is 26.6. The third kappa shape index (κ3) is 10.9. The molecule has 4 atom stereocenters. The van der Waals surface area contributed by atoms with Gasteiger partial charge in [-0.15, -0.1) is 0 Å². The van der Waals surface area contributed by atoms with Crippen LogP contribution in [0.1, 0.15) is 62.4 Å². The number of hydrogen-bond acceptors (Lipinski definition) is 15. The van der Waals surface area contributed by atoms with E-state index < -0.39 is 31.4 Å². The van der Waals surface area contributed by atoms with Gasteiger partial charge in [-0.25, -0.2) is 13.1 Å². The molecule has 5 aromatic rings. The fourth-order valence-electron chi connectivity index (χ4n) is 10.4. The van der Waals surface area contributed by atoms with Crippen LogP contribution in [-0.4, -0.2) is 137 Å². The Labute approximate surface area is 424 Å². The summed E-state index contributed by atoms with van der Waals surface area (Å²) in [5.74, 6) is -0.542. The van der Waals surface area contributed by atoms with E-state index in [9.17, 15) is 23.3 Å². The van der Waals surface area contributed by atoms with Crippen molar-refractivity contribution in [3.05, 3.63) is 111 Å². The van der Waals surface area contributed by atoms with Gasteiger partial charge in [0, 0.05) is 80.8 Å². The molecule has 5 aliphatic rings. The molecule has 1 aliphatic carbocycles. The minimum Gasteiger partial charge on any atom is -0.476 e. The number of hydrogen-bond donors (Lipinski definition) is 3. The molecule has 20 heteroatoms. The molecule has 382 valence electrons. The Morgan fingerprint density at radius 3 is 2.60 bits per heavy atom. The van der Waals surface area contributed by atoms with E-state index in [4.69, 9.17) is 40.3 Å². The highest BCUT2D eigenvalue weighted by atomic mass is 35.5. The molecule has 0 unspecified atom stereocenters. The minimum absolute atomic E-state index is 0.00503. The van der Waals surface area contributed by atoms with Crippen molar-refractivity contribution in [3.63, 3.8) is 0 Å². The van der Waals surface area contributed by atoms with Gasteiger partial charge in [-0.2, -0.15) is 4.98 Å². The van der Waals surface area contributed by atoms with Gasteiger partial charge in [0.25, 0.3) is 21.6 Å². The van der Waals surface area contributed by atoms with Gasteiger partial charge in [0.15, 0.2) is 0 Å². The van der Waals surface area contributed by atoms with Gasteiger partial charge >= 0.3 is 0 Å². The van der Waals surface area contributed by atoms with Crippen molar-refractivity contribution < 1.29 is 41.8 Å². The maximum Gasteiger partial charge on any atom is 0.293 e. The van der Waals surface area contributed by atoms with Crippen LogP contribution >= 0.6 is 11.6 Å². The average Bonchev–Trinajstić information content (AvgIpc) is 3.71. The second-order valence-electron chi connectivity index (χ2n) is 20.0. The average molecular weight is 1030 g/mol. The zero-order valence-corrected chi connectivity index (χ0v) is 42.3. The number of nitro groups is 1. The number of anilines is 4. The van der Waals surface area contributed by atoms with Crippen molar-refractivity contribution in [3.8, 4) is 5.88 Å². The molecule has 0 bridgehead atoms. The highest BCUT2D eigenvalue weighted by Crippen LogP contribution is 2.46. The van der Waals surface area contributed by atoms with Crippen LogP contribution in [0.5, 0.6) is 5.88 Å². The number of allylic oxidation sites excluding steroid dienone is 1. The Bertz CT molecular complexity index is 2960. The number of H-pyrrole nitrogens is 1. The lowest BCUT2D eigenvalue weighted by molar-refractivity contribution is -0.384. The molecular weight excluding hydrogens is 964 g/mol. The number of fused-ring (bicyclic) bond motifs is 4. The Kier molecular flexibility index (Phi) is 14.5. The number of pyridine rings is 1. The third-order valence-corrected chi connectivity index (χ3v) is 15.8. The van der Waals surface area contributed by atoms with Crippen molar-refractivity contribution in [1.29, 1.82) is 0 Å². The molecule has 3 saturated heterocycles. The lowest BCUT2D eigenvalue weighted by Crippen LogP contribution is -2.56. The maximum absolute atomic E-state index is 14.6. The van der Waals surface area contributed by atoms with Crippen LogP contribution in [0.4, 0.5) is 28.4 Å². The van der Waals surface area contributed by atoms with Gasteiger partial charge < -0.3 is 43.8 Å². The predicted molar refractivity (Wildman–Crippen MR) is 275 cm³/mol. The number of nitrogens with zero attached hydrogens (tertiary/aromatic N) is 5. The zero-order chi connectivity index (χ0) is 50.1. The SMILES string of the molecule is C[C@@H]1CO[C@@H](CNc2ccc(S(=O)(=O)NC(=O)c3ccc(N4CCN5CC6=C(c7ccc(Cl)cc7)CC(C)(C)C[C@H]6OCCCOC[C@@H]5C4)cc3N3CCCOc4nc5[nH]ccc5cc43)cc2[N+](=O)[O-])CO1. The van der Waals surface area contributed by atoms with Crippen LogP contribution < -0.4 is 24.6 Å². The first-order chi connectivity index (χ1) is 34.7. The van der Waals surface area contributed by atoms with E-state index in [-0.39, 0.29) is 47.6 Å². The molecule has 4 aliphatic heterocycles. The lowest BCUT2D eigenvalue weighted by Gasteiger charge is -2.45. The van der Waals surface area contributed by atoms with Gasteiger partial charge in [-0.05, 0) is 109 Å². The fraction of sp³-hybridized carbons (Fsp3) is 0.462. The van der Waals surface area contributed by atoms with Gasteiger partial charge in [-0.1, -0.05) is 37.6 Å². The van der Waals surface area contributed by atoms with E-state index in [2.05, 4.69) is 50.8 Å². The number of sulfonamides is 1. The Morgan fingerprint density at radius 2 is 1.79 bits per heavy atom. The molecule has 1 amide bonds. The summed E-state index contributed by atoms with van der Waals surface area (Å²) < 4.78 is 61.1.